The molecule has 0 spiro atoms. The highest BCUT2D eigenvalue weighted by atomic mass is 35.5. The van der Waals surface area contributed by atoms with Gasteiger partial charge < -0.3 is 5.32 Å². The quantitative estimate of drug-likeness (QED) is 0.880. The molecule has 110 valence electrons. The molecule has 0 radical (unpaired) electrons. The molecule has 4 fully saturated rings. The zero-order valence-corrected chi connectivity index (χ0v) is 13.9. The van der Waals surface area contributed by atoms with E-state index in [-0.39, 0.29) is 0 Å². The van der Waals surface area contributed by atoms with Gasteiger partial charge in [-0.05, 0) is 55.3 Å². The Morgan fingerprint density at radius 2 is 1.95 bits per heavy atom. The monoisotopic (exact) mass is 310 g/mol. The Morgan fingerprint density at radius 1 is 1.25 bits per heavy atom. The minimum absolute atomic E-state index is 0.362. The predicted molar refractivity (Wildman–Crippen MR) is 84.1 cm³/mol. The minimum Gasteiger partial charge on any atom is -0.305 e. The average Bonchev–Trinajstić information content (AvgIpc) is 2.68. The second-order valence-corrected chi connectivity index (χ2v) is 10.1. The van der Waals surface area contributed by atoms with Crippen molar-refractivity contribution in [1.29, 1.82) is 0 Å². The van der Waals surface area contributed by atoms with E-state index in [0.717, 1.165) is 21.8 Å². The van der Waals surface area contributed by atoms with Crippen LogP contribution in [0.2, 0.25) is 4.34 Å². The van der Waals surface area contributed by atoms with Crippen LogP contribution in [0.4, 0.5) is 0 Å². The van der Waals surface area contributed by atoms with Crippen LogP contribution in [-0.2, 0) is 6.54 Å². The molecule has 1 heterocycles. The van der Waals surface area contributed by atoms with E-state index in [1.165, 1.54) is 38.5 Å². The summed E-state index contributed by atoms with van der Waals surface area (Å²) in [5, 5.41) is 5.02. The number of hydrogen-bond acceptors (Lipinski definition) is 3. The fourth-order valence-electron chi connectivity index (χ4n) is 6.28. The Hall–Kier alpha value is -0.120. The molecule has 2 atom stereocenters. The SMILES string of the molecule is CC12CC3CC(C)(C1)CC(NCc1ncc(Cl)s1)(C3)C2. The van der Waals surface area contributed by atoms with Gasteiger partial charge in [0.25, 0.3) is 0 Å². The second-order valence-electron chi connectivity index (χ2n) is 8.32. The van der Waals surface area contributed by atoms with Crippen molar-refractivity contribution >= 4 is 22.9 Å². The summed E-state index contributed by atoms with van der Waals surface area (Å²) in [5.74, 6) is 0.939. The largest absolute Gasteiger partial charge is 0.305 e. The van der Waals surface area contributed by atoms with Crippen molar-refractivity contribution in [2.24, 2.45) is 16.7 Å². The maximum atomic E-state index is 5.99. The summed E-state index contributed by atoms with van der Waals surface area (Å²) in [6.07, 6.45) is 10.2. The van der Waals surface area contributed by atoms with Crippen molar-refractivity contribution in [3.8, 4) is 0 Å². The molecule has 4 bridgehead atoms. The first-order chi connectivity index (χ1) is 9.38. The van der Waals surface area contributed by atoms with Gasteiger partial charge in [-0.15, -0.1) is 11.3 Å². The van der Waals surface area contributed by atoms with Gasteiger partial charge in [0.15, 0.2) is 0 Å². The molecule has 0 aliphatic heterocycles. The maximum Gasteiger partial charge on any atom is 0.113 e. The molecule has 2 unspecified atom stereocenters. The molecule has 1 aromatic rings. The Bertz CT molecular complexity index is 522. The minimum atomic E-state index is 0.362. The molecule has 4 saturated carbocycles. The van der Waals surface area contributed by atoms with Crippen LogP contribution in [0.5, 0.6) is 0 Å². The molecule has 0 amide bonds. The maximum absolute atomic E-state index is 5.99. The van der Waals surface area contributed by atoms with Crippen molar-refractivity contribution in [2.75, 3.05) is 0 Å². The van der Waals surface area contributed by atoms with Crippen LogP contribution in [0, 0.1) is 16.7 Å². The smallest absolute Gasteiger partial charge is 0.113 e. The summed E-state index contributed by atoms with van der Waals surface area (Å²) in [6.45, 7) is 5.93. The molecule has 4 aliphatic carbocycles. The fraction of sp³-hybridized carbons (Fsp3) is 0.812. The number of hydrogen-bond donors (Lipinski definition) is 1. The van der Waals surface area contributed by atoms with Crippen molar-refractivity contribution < 1.29 is 0 Å². The summed E-state index contributed by atoms with van der Waals surface area (Å²) in [7, 11) is 0. The van der Waals surface area contributed by atoms with E-state index >= 15 is 0 Å². The lowest BCUT2D eigenvalue weighted by atomic mass is 9.43. The lowest BCUT2D eigenvalue weighted by Gasteiger charge is -2.65. The van der Waals surface area contributed by atoms with Gasteiger partial charge in [-0.3, -0.25) is 0 Å². The summed E-state index contributed by atoms with van der Waals surface area (Å²) >= 11 is 7.59. The van der Waals surface area contributed by atoms with Crippen LogP contribution in [0.1, 0.15) is 57.4 Å². The van der Waals surface area contributed by atoms with Crippen molar-refractivity contribution in [3.63, 3.8) is 0 Å². The molecule has 4 heteroatoms. The number of aromatic nitrogens is 1. The lowest BCUT2D eigenvalue weighted by molar-refractivity contribution is -0.118. The van der Waals surface area contributed by atoms with Crippen LogP contribution in [0.25, 0.3) is 0 Å². The van der Waals surface area contributed by atoms with Gasteiger partial charge in [0.2, 0.25) is 0 Å². The summed E-state index contributed by atoms with van der Waals surface area (Å²) in [5.41, 5.74) is 1.50. The Balaban J connectivity index is 1.55. The summed E-state index contributed by atoms with van der Waals surface area (Å²) in [4.78, 5) is 4.39. The first-order valence-corrected chi connectivity index (χ1v) is 8.93. The lowest BCUT2D eigenvalue weighted by Crippen LogP contribution is -2.63. The first kappa shape index (κ1) is 13.5. The van der Waals surface area contributed by atoms with Crippen LogP contribution >= 0.6 is 22.9 Å². The third-order valence-electron chi connectivity index (χ3n) is 5.77. The van der Waals surface area contributed by atoms with Crippen molar-refractivity contribution in [2.45, 2.75) is 64.5 Å². The van der Waals surface area contributed by atoms with Crippen LogP contribution in [-0.4, -0.2) is 10.5 Å². The molecule has 20 heavy (non-hydrogen) atoms. The Morgan fingerprint density at radius 3 is 2.50 bits per heavy atom. The van der Waals surface area contributed by atoms with E-state index in [1.54, 1.807) is 17.5 Å². The molecule has 5 rings (SSSR count). The zero-order chi connectivity index (χ0) is 14.0. The third-order valence-corrected chi connectivity index (χ3v) is 6.88. The van der Waals surface area contributed by atoms with Gasteiger partial charge in [-0.2, -0.15) is 0 Å². The van der Waals surface area contributed by atoms with Gasteiger partial charge in [0, 0.05) is 12.1 Å². The summed E-state index contributed by atoms with van der Waals surface area (Å²) < 4.78 is 0.797. The number of rotatable bonds is 3. The normalized spacial score (nSPS) is 46.0. The van der Waals surface area contributed by atoms with Gasteiger partial charge in [0.05, 0.1) is 6.20 Å². The number of nitrogens with zero attached hydrogens (tertiary/aromatic N) is 1. The van der Waals surface area contributed by atoms with E-state index in [9.17, 15) is 0 Å². The number of nitrogens with one attached hydrogen (secondary N) is 1. The number of halogens is 1. The predicted octanol–water partition coefficient (Wildman–Crippen LogP) is 4.64. The molecule has 0 saturated heterocycles. The van der Waals surface area contributed by atoms with Gasteiger partial charge in [0.1, 0.15) is 9.34 Å². The Labute approximate surface area is 130 Å². The van der Waals surface area contributed by atoms with E-state index in [1.807, 2.05) is 0 Å². The molecule has 2 nitrogen and oxygen atoms in total. The third kappa shape index (κ3) is 2.22. The molecule has 1 N–H and O–H groups in total. The van der Waals surface area contributed by atoms with Crippen molar-refractivity contribution in [3.05, 3.63) is 15.5 Å². The second kappa shape index (κ2) is 4.21. The van der Waals surface area contributed by atoms with Crippen LogP contribution < -0.4 is 5.32 Å². The number of thiazole rings is 1. The Kier molecular flexibility index (Phi) is 2.85. The topological polar surface area (TPSA) is 24.9 Å². The first-order valence-electron chi connectivity index (χ1n) is 7.73. The van der Waals surface area contributed by atoms with Crippen LogP contribution in [0.15, 0.2) is 6.20 Å². The van der Waals surface area contributed by atoms with Gasteiger partial charge in [-0.1, -0.05) is 25.4 Å². The average molecular weight is 311 g/mol. The van der Waals surface area contributed by atoms with Crippen LogP contribution in [0.3, 0.4) is 0 Å². The van der Waals surface area contributed by atoms with E-state index in [4.69, 9.17) is 11.6 Å². The summed E-state index contributed by atoms with van der Waals surface area (Å²) in [6, 6.07) is 0. The van der Waals surface area contributed by atoms with E-state index < -0.39 is 0 Å². The molecule has 1 aromatic heterocycles. The highest BCUT2D eigenvalue weighted by Gasteiger charge is 2.59. The zero-order valence-electron chi connectivity index (χ0n) is 12.3. The molecular formula is C16H23ClN2S. The van der Waals surface area contributed by atoms with Gasteiger partial charge >= 0.3 is 0 Å². The molecule has 0 aromatic carbocycles. The fourth-order valence-corrected chi connectivity index (χ4v) is 7.17. The van der Waals surface area contributed by atoms with E-state index in [0.29, 0.717) is 16.4 Å². The molecule has 4 aliphatic rings. The van der Waals surface area contributed by atoms with Gasteiger partial charge in [-0.25, -0.2) is 4.98 Å². The standard InChI is InChI=1S/C16H23ClN2S/c1-14-3-11-4-15(2,8-14)10-16(5-11,9-14)19-7-13-18-6-12(17)20-13/h6,11,19H,3-5,7-10H2,1-2H3. The molecular weight excluding hydrogens is 288 g/mol. The van der Waals surface area contributed by atoms with Crippen molar-refractivity contribution in [1.82, 2.24) is 10.3 Å². The highest BCUT2D eigenvalue weighted by molar-refractivity contribution is 7.15. The highest BCUT2D eigenvalue weighted by Crippen LogP contribution is 2.66. The van der Waals surface area contributed by atoms with E-state index in [2.05, 4.69) is 24.1 Å².